The Morgan fingerprint density at radius 3 is 2.52 bits per heavy atom. The van der Waals surface area contributed by atoms with Crippen LogP contribution in [0, 0.1) is 0 Å². The van der Waals surface area contributed by atoms with Crippen molar-refractivity contribution in [2.24, 2.45) is 0 Å². The molecule has 0 aliphatic heterocycles. The number of rotatable bonds is 7. The Kier molecular flexibility index (Phi) is 6.89. The number of hydrogen-bond donors (Lipinski definition) is 1. The molecule has 10 heteroatoms. The number of ether oxygens (including phenoxy) is 1. The molecule has 1 atom stereocenters. The third kappa shape index (κ3) is 5.19. The van der Waals surface area contributed by atoms with Crippen molar-refractivity contribution in [3.8, 4) is 22.8 Å². The molecule has 0 fully saturated rings. The van der Waals surface area contributed by atoms with Crippen LogP contribution in [0.15, 0.2) is 53.7 Å². The maximum Gasteiger partial charge on any atom is 0.416 e. The number of benzene rings is 2. The first kappa shape index (κ1) is 22.7. The highest BCUT2D eigenvalue weighted by Gasteiger charge is 2.31. The van der Waals surface area contributed by atoms with Gasteiger partial charge in [-0.3, -0.25) is 9.36 Å². The first-order valence-corrected chi connectivity index (χ1v) is 10.3. The van der Waals surface area contributed by atoms with E-state index in [-0.39, 0.29) is 11.6 Å². The Morgan fingerprint density at radius 2 is 1.90 bits per heavy atom. The molecule has 0 spiro atoms. The Bertz CT molecular complexity index is 1050. The molecule has 0 bridgehead atoms. The lowest BCUT2D eigenvalue weighted by Gasteiger charge is -2.15. The first-order chi connectivity index (χ1) is 14.7. The number of thioether (sulfide) groups is 1. The Labute approximate surface area is 181 Å². The van der Waals surface area contributed by atoms with Gasteiger partial charge in [-0.2, -0.15) is 13.2 Å². The highest BCUT2D eigenvalue weighted by atomic mass is 32.2. The summed E-state index contributed by atoms with van der Waals surface area (Å²) in [6.45, 7) is 3.98. The quantitative estimate of drug-likeness (QED) is 0.534. The molecular formula is C21H21F3N4O2S. The molecule has 0 aliphatic rings. The van der Waals surface area contributed by atoms with Crippen LogP contribution in [0.3, 0.4) is 0 Å². The highest BCUT2D eigenvalue weighted by Crippen LogP contribution is 2.34. The predicted octanol–water partition coefficient (Wildman–Crippen LogP) is 4.58. The molecule has 31 heavy (non-hydrogen) atoms. The Morgan fingerprint density at radius 1 is 1.19 bits per heavy atom. The van der Waals surface area contributed by atoms with Crippen LogP contribution < -0.4 is 10.1 Å². The lowest BCUT2D eigenvalue weighted by molar-refractivity contribution is -0.137. The fourth-order valence-corrected chi connectivity index (χ4v) is 3.75. The minimum atomic E-state index is -4.49. The highest BCUT2D eigenvalue weighted by molar-refractivity contribution is 8.00. The van der Waals surface area contributed by atoms with Crippen LogP contribution in [-0.4, -0.2) is 39.6 Å². The number of carbonyl (C=O) groups is 1. The van der Waals surface area contributed by atoms with Crippen molar-refractivity contribution in [3.63, 3.8) is 0 Å². The maximum atomic E-state index is 13.3. The van der Waals surface area contributed by atoms with E-state index in [9.17, 15) is 18.0 Å². The number of amides is 1. The molecule has 0 saturated carbocycles. The van der Waals surface area contributed by atoms with Gasteiger partial charge in [0.1, 0.15) is 5.75 Å². The van der Waals surface area contributed by atoms with Crippen LogP contribution in [0.25, 0.3) is 17.1 Å². The number of hydrogen-bond acceptors (Lipinski definition) is 5. The lowest BCUT2D eigenvalue weighted by atomic mass is 10.1. The average Bonchev–Trinajstić information content (AvgIpc) is 3.17. The minimum Gasteiger partial charge on any atom is -0.497 e. The molecule has 1 N–H and O–H groups in total. The van der Waals surface area contributed by atoms with Gasteiger partial charge in [0.25, 0.3) is 0 Å². The van der Waals surface area contributed by atoms with Gasteiger partial charge in [-0.1, -0.05) is 17.8 Å². The summed E-state index contributed by atoms with van der Waals surface area (Å²) in [5.41, 5.74) is 0.103. The molecule has 1 aromatic heterocycles. The second kappa shape index (κ2) is 9.42. The summed E-state index contributed by atoms with van der Waals surface area (Å²) in [6.07, 6.45) is -4.49. The maximum absolute atomic E-state index is 13.3. The van der Waals surface area contributed by atoms with Gasteiger partial charge in [-0.05, 0) is 56.3 Å². The summed E-state index contributed by atoms with van der Waals surface area (Å²) in [5, 5.41) is 10.9. The van der Waals surface area contributed by atoms with Crippen molar-refractivity contribution in [1.29, 1.82) is 0 Å². The second-order valence-electron chi connectivity index (χ2n) is 6.57. The molecule has 0 aliphatic carbocycles. The van der Waals surface area contributed by atoms with E-state index in [0.717, 1.165) is 23.9 Å². The zero-order valence-corrected chi connectivity index (χ0v) is 17.9. The smallest absolute Gasteiger partial charge is 0.416 e. The number of carbonyl (C=O) groups excluding carboxylic acids is 1. The molecule has 2 aromatic carbocycles. The summed E-state index contributed by atoms with van der Waals surface area (Å²) in [6, 6.07) is 11.9. The van der Waals surface area contributed by atoms with Gasteiger partial charge in [0.2, 0.25) is 5.91 Å². The lowest BCUT2D eigenvalue weighted by Crippen LogP contribution is -2.30. The summed E-state index contributed by atoms with van der Waals surface area (Å²) < 4.78 is 46.6. The van der Waals surface area contributed by atoms with Gasteiger partial charge < -0.3 is 10.1 Å². The van der Waals surface area contributed by atoms with Gasteiger partial charge in [-0.25, -0.2) is 0 Å². The largest absolute Gasteiger partial charge is 0.497 e. The summed E-state index contributed by atoms with van der Waals surface area (Å²) in [5.74, 6) is 0.790. The Hall–Kier alpha value is -3.01. The molecule has 1 unspecified atom stereocenters. The third-order valence-electron chi connectivity index (χ3n) is 4.42. The van der Waals surface area contributed by atoms with Crippen molar-refractivity contribution in [2.75, 3.05) is 13.7 Å². The molecule has 0 saturated heterocycles. The number of aromatic nitrogens is 3. The molecule has 1 amide bonds. The van der Waals surface area contributed by atoms with Crippen molar-refractivity contribution in [1.82, 2.24) is 20.1 Å². The van der Waals surface area contributed by atoms with Crippen molar-refractivity contribution in [2.45, 2.75) is 30.4 Å². The first-order valence-electron chi connectivity index (χ1n) is 9.46. The van der Waals surface area contributed by atoms with E-state index in [1.54, 1.807) is 37.3 Å². The van der Waals surface area contributed by atoms with Gasteiger partial charge in [-0.15, -0.1) is 10.2 Å². The summed E-state index contributed by atoms with van der Waals surface area (Å²) in [7, 11) is 1.54. The van der Waals surface area contributed by atoms with Crippen LogP contribution in [0.2, 0.25) is 0 Å². The predicted molar refractivity (Wildman–Crippen MR) is 112 cm³/mol. The van der Waals surface area contributed by atoms with E-state index in [2.05, 4.69) is 15.5 Å². The van der Waals surface area contributed by atoms with Crippen LogP contribution in [0.5, 0.6) is 5.75 Å². The third-order valence-corrected chi connectivity index (χ3v) is 5.46. The van der Waals surface area contributed by atoms with Gasteiger partial charge in [0, 0.05) is 12.1 Å². The molecule has 3 rings (SSSR count). The number of nitrogens with one attached hydrogen (secondary N) is 1. The number of nitrogens with zero attached hydrogens (tertiary/aromatic N) is 3. The summed E-state index contributed by atoms with van der Waals surface area (Å²) in [4.78, 5) is 12.2. The van der Waals surface area contributed by atoms with Crippen molar-refractivity contribution in [3.05, 3.63) is 54.1 Å². The molecule has 3 aromatic rings. The number of alkyl halides is 3. The van der Waals surface area contributed by atoms with Crippen molar-refractivity contribution >= 4 is 17.7 Å². The molecule has 164 valence electrons. The molecule has 1 heterocycles. The molecule has 6 nitrogen and oxygen atoms in total. The van der Waals surface area contributed by atoms with Crippen LogP contribution in [-0.2, 0) is 11.0 Å². The van der Waals surface area contributed by atoms with E-state index >= 15 is 0 Å². The van der Waals surface area contributed by atoms with Crippen LogP contribution >= 0.6 is 11.8 Å². The second-order valence-corrected chi connectivity index (χ2v) is 7.88. The van der Waals surface area contributed by atoms with E-state index in [1.807, 2.05) is 6.92 Å². The number of halogens is 3. The van der Waals surface area contributed by atoms with Crippen LogP contribution in [0.1, 0.15) is 19.4 Å². The van der Waals surface area contributed by atoms with Gasteiger partial charge in [0.15, 0.2) is 11.0 Å². The fraction of sp³-hybridized carbons (Fsp3) is 0.286. The standard InChI is InChI=1S/C21H21F3N4O2S/c1-4-25-19(29)13(2)31-20-27-26-18(14-8-10-17(30-3)11-9-14)28(20)16-7-5-6-15(12-16)21(22,23)24/h5-13H,4H2,1-3H3,(H,25,29). The zero-order chi connectivity index (χ0) is 22.6. The van der Waals surface area contributed by atoms with E-state index in [0.29, 0.717) is 28.8 Å². The average molecular weight is 450 g/mol. The van der Waals surface area contributed by atoms with Crippen LogP contribution in [0.4, 0.5) is 13.2 Å². The zero-order valence-electron chi connectivity index (χ0n) is 17.1. The van der Waals surface area contributed by atoms with Gasteiger partial charge in [0.05, 0.1) is 23.6 Å². The topological polar surface area (TPSA) is 69.0 Å². The monoisotopic (exact) mass is 450 g/mol. The van der Waals surface area contributed by atoms with E-state index < -0.39 is 17.0 Å². The Balaban J connectivity index is 2.10. The molecular weight excluding hydrogens is 429 g/mol. The summed E-state index contributed by atoms with van der Waals surface area (Å²) >= 11 is 1.12. The van der Waals surface area contributed by atoms with Crippen molar-refractivity contribution < 1.29 is 22.7 Å². The van der Waals surface area contributed by atoms with E-state index in [4.69, 9.17) is 4.74 Å². The molecule has 0 radical (unpaired) electrons. The normalized spacial score (nSPS) is 12.5. The number of methoxy groups -OCH3 is 1. The fourth-order valence-electron chi connectivity index (χ4n) is 2.86. The minimum absolute atomic E-state index is 0.197. The van der Waals surface area contributed by atoms with E-state index in [1.165, 1.54) is 17.7 Å². The van der Waals surface area contributed by atoms with Gasteiger partial charge >= 0.3 is 6.18 Å². The SMILES string of the molecule is CCNC(=O)C(C)Sc1nnc(-c2ccc(OC)cc2)n1-c1cccc(C(F)(F)F)c1.